The first-order chi connectivity index (χ1) is 13.5. The molecule has 4 rings (SSSR count). The van der Waals surface area contributed by atoms with Gasteiger partial charge in [-0.25, -0.2) is 0 Å². The van der Waals surface area contributed by atoms with Crippen molar-refractivity contribution in [2.24, 2.45) is 0 Å². The quantitative estimate of drug-likeness (QED) is 0.775. The summed E-state index contributed by atoms with van der Waals surface area (Å²) in [6.45, 7) is 3.07. The molecular weight excluding hydrogens is 378 g/mol. The van der Waals surface area contributed by atoms with Crippen LogP contribution in [0.25, 0.3) is 0 Å². The third kappa shape index (κ3) is 3.69. The van der Waals surface area contributed by atoms with Crippen molar-refractivity contribution in [3.63, 3.8) is 0 Å². The van der Waals surface area contributed by atoms with Crippen LogP contribution in [0.1, 0.15) is 24.1 Å². The summed E-state index contributed by atoms with van der Waals surface area (Å²) in [6, 6.07) is 10.8. The molecule has 2 saturated heterocycles. The highest BCUT2D eigenvalue weighted by Crippen LogP contribution is 2.33. The Labute approximate surface area is 169 Å². The van der Waals surface area contributed by atoms with Gasteiger partial charge in [0.15, 0.2) is 6.61 Å². The summed E-state index contributed by atoms with van der Waals surface area (Å²) in [5.41, 5.74) is 1.98. The van der Waals surface area contributed by atoms with Gasteiger partial charge in [0.1, 0.15) is 5.75 Å². The predicted molar refractivity (Wildman–Crippen MR) is 105 cm³/mol. The number of nitrogens with zero attached hydrogens (tertiary/aromatic N) is 3. The molecule has 2 fully saturated rings. The minimum atomic E-state index is -0.101. The van der Waals surface area contributed by atoms with Crippen molar-refractivity contribution in [1.82, 2.24) is 14.8 Å². The van der Waals surface area contributed by atoms with Gasteiger partial charge in [0.25, 0.3) is 5.91 Å². The summed E-state index contributed by atoms with van der Waals surface area (Å²) >= 11 is 5.95. The van der Waals surface area contributed by atoms with E-state index in [2.05, 4.69) is 4.98 Å². The van der Waals surface area contributed by atoms with Gasteiger partial charge in [-0.1, -0.05) is 23.7 Å². The van der Waals surface area contributed by atoms with Gasteiger partial charge in [0.05, 0.1) is 24.3 Å². The van der Waals surface area contributed by atoms with Crippen LogP contribution in [0.4, 0.5) is 0 Å². The van der Waals surface area contributed by atoms with Crippen LogP contribution in [-0.2, 0) is 16.1 Å². The van der Waals surface area contributed by atoms with Crippen molar-refractivity contribution < 1.29 is 14.3 Å². The van der Waals surface area contributed by atoms with Crippen molar-refractivity contribution in [2.75, 3.05) is 13.2 Å². The number of hydrogen-bond acceptors (Lipinski definition) is 4. The average molecular weight is 400 g/mol. The number of fused-ring (bicyclic) bond motifs is 1. The monoisotopic (exact) mass is 399 g/mol. The molecule has 0 N–H and O–H groups in total. The summed E-state index contributed by atoms with van der Waals surface area (Å²) < 4.78 is 5.59. The molecule has 146 valence electrons. The molecule has 0 unspecified atom stereocenters. The van der Waals surface area contributed by atoms with Gasteiger partial charge in [0.2, 0.25) is 5.91 Å². The molecule has 0 radical (unpaired) electrons. The van der Waals surface area contributed by atoms with Crippen LogP contribution < -0.4 is 4.74 Å². The van der Waals surface area contributed by atoms with E-state index in [1.807, 2.05) is 24.0 Å². The van der Waals surface area contributed by atoms with Gasteiger partial charge >= 0.3 is 0 Å². The molecule has 2 amide bonds. The number of benzene rings is 1. The normalized spacial score (nSPS) is 21.1. The molecule has 2 aliphatic heterocycles. The fraction of sp³-hybridized carbons (Fsp3) is 0.381. The maximum absolute atomic E-state index is 12.7. The van der Waals surface area contributed by atoms with E-state index in [1.165, 1.54) is 0 Å². The summed E-state index contributed by atoms with van der Waals surface area (Å²) in [5, 5.41) is 0.563. The third-order valence-electron chi connectivity index (χ3n) is 5.53. The lowest BCUT2D eigenvalue weighted by Gasteiger charge is -2.25. The minimum absolute atomic E-state index is 0.0454. The summed E-state index contributed by atoms with van der Waals surface area (Å²) in [7, 11) is 0. The van der Waals surface area contributed by atoms with Crippen LogP contribution in [0.2, 0.25) is 5.02 Å². The molecule has 1 aromatic heterocycles. The van der Waals surface area contributed by atoms with Gasteiger partial charge in [-0.3, -0.25) is 14.6 Å². The molecule has 0 saturated carbocycles. The van der Waals surface area contributed by atoms with Gasteiger partial charge in [0, 0.05) is 24.2 Å². The number of ether oxygens (including phenoxy) is 1. The van der Waals surface area contributed by atoms with E-state index in [0.717, 1.165) is 17.7 Å². The molecule has 28 heavy (non-hydrogen) atoms. The maximum atomic E-state index is 12.7. The molecule has 1 aromatic carbocycles. The summed E-state index contributed by atoms with van der Waals surface area (Å²) in [5.74, 6) is 0.538. The number of amides is 2. The van der Waals surface area contributed by atoms with Crippen molar-refractivity contribution in [3.8, 4) is 5.75 Å². The second-order valence-corrected chi connectivity index (χ2v) is 7.69. The van der Waals surface area contributed by atoms with E-state index in [9.17, 15) is 9.59 Å². The first-order valence-corrected chi connectivity index (χ1v) is 9.78. The summed E-state index contributed by atoms with van der Waals surface area (Å²) in [4.78, 5) is 33.4. The maximum Gasteiger partial charge on any atom is 0.260 e. The number of carbonyl (C=O) groups excluding carboxylic acids is 2. The average Bonchev–Trinajstić information content (AvgIpc) is 3.21. The highest BCUT2D eigenvalue weighted by atomic mass is 35.5. The van der Waals surface area contributed by atoms with Gasteiger partial charge in [-0.15, -0.1) is 0 Å². The lowest BCUT2D eigenvalue weighted by atomic mass is 10.1. The van der Waals surface area contributed by atoms with Crippen LogP contribution >= 0.6 is 11.6 Å². The zero-order chi connectivity index (χ0) is 19.7. The van der Waals surface area contributed by atoms with E-state index in [1.54, 1.807) is 35.4 Å². The van der Waals surface area contributed by atoms with E-state index < -0.39 is 0 Å². The van der Waals surface area contributed by atoms with Crippen LogP contribution in [0.3, 0.4) is 0 Å². The van der Waals surface area contributed by atoms with Crippen LogP contribution in [0.15, 0.2) is 42.6 Å². The number of likely N-dealkylation sites (tertiary alicyclic amines) is 2. The lowest BCUT2D eigenvalue weighted by Crippen LogP contribution is -2.41. The highest BCUT2D eigenvalue weighted by molar-refractivity contribution is 6.30. The fourth-order valence-electron chi connectivity index (χ4n) is 4.07. The molecule has 3 heterocycles. The summed E-state index contributed by atoms with van der Waals surface area (Å²) in [6.07, 6.45) is 2.89. The number of aryl methyl sites for hydroxylation is 1. The molecule has 7 heteroatoms. The number of pyridine rings is 1. The minimum Gasteiger partial charge on any atom is -0.484 e. The van der Waals surface area contributed by atoms with E-state index in [4.69, 9.17) is 16.3 Å². The molecule has 6 nitrogen and oxygen atoms in total. The second-order valence-electron chi connectivity index (χ2n) is 7.25. The van der Waals surface area contributed by atoms with Gasteiger partial charge in [-0.05, 0) is 43.2 Å². The Morgan fingerprint density at radius 3 is 2.93 bits per heavy atom. The lowest BCUT2D eigenvalue weighted by molar-refractivity contribution is -0.134. The first-order valence-electron chi connectivity index (χ1n) is 9.41. The molecule has 0 bridgehead atoms. The number of rotatable bonds is 5. The SMILES string of the molecule is Cc1cccnc1CN1C(=O)C[C@H]2[C@@H]1CCN2C(=O)COc1cccc(Cl)c1. The predicted octanol–water partition coefficient (Wildman–Crippen LogP) is 2.82. The Balaban J connectivity index is 1.40. The molecule has 2 aromatic rings. The van der Waals surface area contributed by atoms with Crippen LogP contribution in [0.5, 0.6) is 5.75 Å². The van der Waals surface area contributed by atoms with Crippen molar-refractivity contribution in [3.05, 3.63) is 58.9 Å². The third-order valence-corrected chi connectivity index (χ3v) is 5.77. The van der Waals surface area contributed by atoms with Crippen LogP contribution in [-0.4, -0.2) is 51.8 Å². The molecule has 0 aliphatic carbocycles. The fourth-order valence-corrected chi connectivity index (χ4v) is 4.25. The highest BCUT2D eigenvalue weighted by Gasteiger charge is 2.48. The number of aromatic nitrogens is 1. The van der Waals surface area contributed by atoms with E-state index in [0.29, 0.717) is 30.3 Å². The van der Waals surface area contributed by atoms with Crippen molar-refractivity contribution >= 4 is 23.4 Å². The zero-order valence-electron chi connectivity index (χ0n) is 15.7. The first kappa shape index (κ1) is 18.7. The standard InChI is InChI=1S/C21H22ClN3O3/c1-14-4-3-8-23-17(14)12-25-18-7-9-24(19(18)11-20(25)26)21(27)13-28-16-6-2-5-15(22)10-16/h2-6,8,10,18-19H,7,9,11-13H2,1H3/t18-,19-/m0/s1. The van der Waals surface area contributed by atoms with Crippen molar-refractivity contribution in [1.29, 1.82) is 0 Å². The van der Waals surface area contributed by atoms with Gasteiger partial charge in [-0.2, -0.15) is 0 Å². The van der Waals surface area contributed by atoms with Crippen LogP contribution in [0, 0.1) is 6.92 Å². The Hall–Kier alpha value is -2.60. The van der Waals surface area contributed by atoms with Gasteiger partial charge < -0.3 is 14.5 Å². The van der Waals surface area contributed by atoms with Crippen molar-refractivity contribution in [2.45, 2.75) is 38.4 Å². The number of hydrogen-bond donors (Lipinski definition) is 0. The zero-order valence-corrected chi connectivity index (χ0v) is 16.4. The Morgan fingerprint density at radius 2 is 2.14 bits per heavy atom. The Bertz CT molecular complexity index is 904. The smallest absolute Gasteiger partial charge is 0.260 e. The Morgan fingerprint density at radius 1 is 1.29 bits per heavy atom. The van der Waals surface area contributed by atoms with E-state index in [-0.39, 0.29) is 30.5 Å². The molecule has 0 spiro atoms. The topological polar surface area (TPSA) is 62.7 Å². The van der Waals surface area contributed by atoms with E-state index >= 15 is 0 Å². The molecule has 2 atom stereocenters. The molecule has 2 aliphatic rings. The number of carbonyl (C=O) groups is 2. The Kier molecular flexibility index (Phi) is 5.22. The number of halogens is 1. The molecular formula is C21H22ClN3O3. The second kappa shape index (κ2) is 7.80. The largest absolute Gasteiger partial charge is 0.484 e.